The molecule has 1 atom stereocenters. The molecule has 0 bridgehead atoms. The summed E-state index contributed by atoms with van der Waals surface area (Å²) in [5, 5.41) is 14.2. The molecule has 3 aromatic rings. The second-order valence-corrected chi connectivity index (χ2v) is 10.7. The van der Waals surface area contributed by atoms with Gasteiger partial charge in [0.25, 0.3) is 5.91 Å². The summed E-state index contributed by atoms with van der Waals surface area (Å²) in [6, 6.07) is 1.70. The Morgan fingerprint density at radius 2 is 1.80 bits per heavy atom. The maximum Gasteiger partial charge on any atom is 0.416 e. The number of alkyl halides is 3. The number of amides is 2. The van der Waals surface area contributed by atoms with Gasteiger partial charge in [-0.15, -0.1) is 0 Å². The molecule has 0 radical (unpaired) electrons. The maximum absolute atomic E-state index is 13.6. The van der Waals surface area contributed by atoms with Crippen LogP contribution in [0, 0.1) is 17.8 Å². The number of aromatic nitrogens is 5. The van der Waals surface area contributed by atoms with Gasteiger partial charge < -0.3 is 15.4 Å². The van der Waals surface area contributed by atoms with E-state index in [0.29, 0.717) is 23.2 Å². The van der Waals surface area contributed by atoms with E-state index in [1.165, 1.54) is 24.2 Å². The molecule has 2 saturated carbocycles. The van der Waals surface area contributed by atoms with Crippen molar-refractivity contribution in [2.24, 2.45) is 17.8 Å². The molecule has 3 aromatic heterocycles. The van der Waals surface area contributed by atoms with Crippen molar-refractivity contribution < 1.29 is 27.5 Å². The number of carbonyl (C=O) groups is 2. The summed E-state index contributed by atoms with van der Waals surface area (Å²) in [6.07, 6.45) is 4.84. The fourth-order valence-electron chi connectivity index (χ4n) is 5.31. The first kappa shape index (κ1) is 27.7. The Bertz CT molecular complexity index is 1360. The lowest BCUT2D eigenvalue weighted by Crippen LogP contribution is -2.50. The first-order valence-electron chi connectivity index (χ1n) is 13.3. The monoisotopic (exact) mass is 559 g/mol. The van der Waals surface area contributed by atoms with Crippen LogP contribution < -0.4 is 15.4 Å². The predicted molar refractivity (Wildman–Crippen MR) is 139 cm³/mol. The molecule has 3 heterocycles. The van der Waals surface area contributed by atoms with Crippen LogP contribution in [0.5, 0.6) is 5.88 Å². The van der Waals surface area contributed by atoms with Crippen LogP contribution in [0.2, 0.25) is 0 Å². The zero-order chi connectivity index (χ0) is 28.6. The van der Waals surface area contributed by atoms with Crippen LogP contribution >= 0.6 is 0 Å². The third-order valence-corrected chi connectivity index (χ3v) is 7.41. The molecular weight excluding hydrogens is 527 g/mol. The highest BCUT2D eigenvalue weighted by molar-refractivity contribution is 6.00. The second kappa shape index (κ2) is 10.9. The van der Waals surface area contributed by atoms with Gasteiger partial charge in [0.2, 0.25) is 11.8 Å². The van der Waals surface area contributed by atoms with Gasteiger partial charge in [0.05, 0.1) is 31.1 Å². The standard InChI is InChI=1S/C27H32F3N7O3/c1-15(2)37-21(9-11-32-37)24(38)35-23(22(16-4-5-16)17-6-7-17)25(39)34-18-12-33-36(13-18)14-19-20(27(28,29)30)8-10-31-26(19)40-3/h8-13,15-17,22-23H,4-7,14H2,1-3H3,(H,34,39)(H,35,38). The van der Waals surface area contributed by atoms with Crippen molar-refractivity contribution in [2.75, 3.05) is 12.4 Å². The Morgan fingerprint density at radius 1 is 1.10 bits per heavy atom. The highest BCUT2D eigenvalue weighted by Gasteiger charge is 2.48. The molecular formula is C27H32F3N7O3. The molecule has 40 heavy (non-hydrogen) atoms. The smallest absolute Gasteiger partial charge is 0.416 e. The summed E-state index contributed by atoms with van der Waals surface area (Å²) >= 11 is 0. The third-order valence-electron chi connectivity index (χ3n) is 7.41. The molecule has 0 aliphatic heterocycles. The van der Waals surface area contributed by atoms with Crippen LogP contribution in [0.1, 0.15) is 67.2 Å². The number of pyridine rings is 1. The molecule has 2 aliphatic rings. The predicted octanol–water partition coefficient (Wildman–Crippen LogP) is 4.30. The number of carbonyl (C=O) groups excluding carboxylic acids is 2. The number of nitrogens with one attached hydrogen (secondary N) is 2. The average Bonchev–Trinajstić information content (AvgIpc) is 3.83. The molecule has 2 amide bonds. The fraction of sp³-hybridized carbons (Fsp3) is 0.519. The van der Waals surface area contributed by atoms with Gasteiger partial charge in [-0.05, 0) is 69.4 Å². The topological polar surface area (TPSA) is 116 Å². The number of anilines is 1. The van der Waals surface area contributed by atoms with Crippen LogP contribution in [0.15, 0.2) is 36.9 Å². The fourth-order valence-corrected chi connectivity index (χ4v) is 5.31. The Hall–Kier alpha value is -3.90. The van der Waals surface area contributed by atoms with Crippen molar-refractivity contribution in [3.63, 3.8) is 0 Å². The molecule has 0 aromatic carbocycles. The van der Waals surface area contributed by atoms with E-state index in [0.717, 1.165) is 37.9 Å². The van der Waals surface area contributed by atoms with Gasteiger partial charge in [0, 0.05) is 30.2 Å². The second-order valence-electron chi connectivity index (χ2n) is 10.7. The molecule has 5 rings (SSSR count). The molecule has 2 N–H and O–H groups in total. The van der Waals surface area contributed by atoms with Gasteiger partial charge in [0.15, 0.2) is 0 Å². The third kappa shape index (κ3) is 5.97. The molecule has 2 fully saturated rings. The molecule has 1 unspecified atom stereocenters. The zero-order valence-corrected chi connectivity index (χ0v) is 22.5. The first-order valence-corrected chi connectivity index (χ1v) is 13.3. The van der Waals surface area contributed by atoms with Crippen LogP contribution in [0.4, 0.5) is 18.9 Å². The van der Waals surface area contributed by atoms with Crippen LogP contribution in [0.25, 0.3) is 0 Å². The average molecular weight is 560 g/mol. The molecule has 0 saturated heterocycles. The Labute approximate surface area is 229 Å². The zero-order valence-electron chi connectivity index (χ0n) is 22.5. The minimum absolute atomic E-state index is 0.00316. The molecule has 2 aliphatic carbocycles. The van der Waals surface area contributed by atoms with Crippen molar-refractivity contribution in [1.29, 1.82) is 0 Å². The summed E-state index contributed by atoms with van der Waals surface area (Å²) in [6.45, 7) is 3.57. The number of hydrogen-bond donors (Lipinski definition) is 2. The van der Waals surface area contributed by atoms with Crippen molar-refractivity contribution in [2.45, 2.75) is 64.3 Å². The molecule has 214 valence electrons. The number of ether oxygens (including phenoxy) is 1. The summed E-state index contributed by atoms with van der Waals surface area (Å²) in [5.74, 6) is -0.196. The minimum atomic E-state index is -4.60. The van der Waals surface area contributed by atoms with Crippen molar-refractivity contribution in [3.8, 4) is 5.88 Å². The van der Waals surface area contributed by atoms with E-state index in [2.05, 4.69) is 25.8 Å². The first-order chi connectivity index (χ1) is 19.1. The summed E-state index contributed by atoms with van der Waals surface area (Å²) < 4.78 is 48.8. The van der Waals surface area contributed by atoms with E-state index in [1.54, 1.807) is 16.9 Å². The summed E-state index contributed by atoms with van der Waals surface area (Å²) in [5.41, 5.74) is -0.372. The number of halogens is 3. The normalized spacial score (nSPS) is 16.3. The number of rotatable bonds is 11. The van der Waals surface area contributed by atoms with E-state index < -0.39 is 17.8 Å². The minimum Gasteiger partial charge on any atom is -0.481 e. The van der Waals surface area contributed by atoms with Crippen molar-refractivity contribution in [3.05, 3.63) is 53.7 Å². The van der Waals surface area contributed by atoms with E-state index in [1.807, 2.05) is 13.8 Å². The largest absolute Gasteiger partial charge is 0.481 e. The summed E-state index contributed by atoms with van der Waals surface area (Å²) in [4.78, 5) is 30.8. The maximum atomic E-state index is 13.6. The molecule has 0 spiro atoms. The van der Waals surface area contributed by atoms with Gasteiger partial charge >= 0.3 is 6.18 Å². The Balaban J connectivity index is 1.35. The van der Waals surface area contributed by atoms with E-state index in [4.69, 9.17) is 4.74 Å². The summed E-state index contributed by atoms with van der Waals surface area (Å²) in [7, 11) is 1.25. The molecule has 10 nitrogen and oxygen atoms in total. The lowest BCUT2D eigenvalue weighted by atomic mass is 9.88. The lowest BCUT2D eigenvalue weighted by Gasteiger charge is -2.27. The Kier molecular flexibility index (Phi) is 7.56. The number of nitrogens with zero attached hydrogens (tertiary/aromatic N) is 5. The molecule has 13 heteroatoms. The Morgan fingerprint density at radius 3 is 2.40 bits per heavy atom. The van der Waals surface area contributed by atoms with Gasteiger partial charge in [-0.2, -0.15) is 23.4 Å². The van der Waals surface area contributed by atoms with Crippen molar-refractivity contribution in [1.82, 2.24) is 29.9 Å². The highest BCUT2D eigenvalue weighted by atomic mass is 19.4. The lowest BCUT2D eigenvalue weighted by molar-refractivity contribution is -0.138. The van der Waals surface area contributed by atoms with E-state index >= 15 is 0 Å². The van der Waals surface area contributed by atoms with E-state index in [-0.39, 0.29) is 41.8 Å². The van der Waals surface area contributed by atoms with Gasteiger partial charge in [-0.1, -0.05) is 0 Å². The van der Waals surface area contributed by atoms with E-state index in [9.17, 15) is 22.8 Å². The SMILES string of the molecule is COc1nccc(C(F)(F)F)c1Cn1cc(NC(=O)C(NC(=O)c2ccnn2C(C)C)C(C2CC2)C2CC2)cn1. The van der Waals surface area contributed by atoms with Crippen molar-refractivity contribution >= 4 is 17.5 Å². The van der Waals surface area contributed by atoms with Gasteiger partial charge in [-0.3, -0.25) is 19.0 Å². The van der Waals surface area contributed by atoms with Gasteiger partial charge in [-0.25, -0.2) is 4.98 Å². The number of methoxy groups -OCH3 is 1. The van der Waals surface area contributed by atoms with Crippen LogP contribution in [0.3, 0.4) is 0 Å². The quantitative estimate of drug-likeness (QED) is 0.362. The van der Waals surface area contributed by atoms with Gasteiger partial charge in [0.1, 0.15) is 11.7 Å². The highest BCUT2D eigenvalue weighted by Crippen LogP contribution is 2.51. The van der Waals surface area contributed by atoms with Crippen LogP contribution in [-0.4, -0.2) is 49.5 Å². The van der Waals surface area contributed by atoms with Crippen LogP contribution in [-0.2, 0) is 17.5 Å². The number of hydrogen-bond acceptors (Lipinski definition) is 6.